The minimum atomic E-state index is -0.442. The van der Waals surface area contributed by atoms with Gasteiger partial charge in [0, 0.05) is 36.4 Å². The Balaban J connectivity index is 5.61. The van der Waals surface area contributed by atoms with Crippen LogP contribution < -0.4 is 10.6 Å². The number of carbonyl (C=O) groups is 4. The molecule has 0 atom stereocenters. The standard InChI is InChI=1S/C18H20N2O4/c1-5-15(17(23)19-3)13(11-21)9-7-8-10-14(12-22)16(6-2)18(24)20-4/h5-12H,1-2H2,3-4H3,(H,19,23)(H,20,24)/b9-7-,10-8-,15-13-,16-14-. The van der Waals surface area contributed by atoms with Crippen molar-refractivity contribution in [2.75, 3.05) is 14.1 Å². The van der Waals surface area contributed by atoms with Gasteiger partial charge in [0.1, 0.15) is 0 Å². The fraction of sp³-hybridized carbons (Fsp3) is 0.111. The summed E-state index contributed by atoms with van der Waals surface area (Å²) in [6.07, 6.45) is 9.30. The Kier molecular flexibility index (Phi) is 9.76. The predicted octanol–water partition coefficient (Wildman–Crippen LogP) is 0.954. The fourth-order valence-electron chi connectivity index (χ4n) is 1.66. The van der Waals surface area contributed by atoms with E-state index in [-0.39, 0.29) is 22.3 Å². The number of likely N-dealkylation sites (N-methyl/N-ethyl adjacent to an activating group) is 2. The molecule has 6 nitrogen and oxygen atoms in total. The number of hydrogen-bond donors (Lipinski definition) is 2. The average molecular weight is 328 g/mol. The van der Waals surface area contributed by atoms with Gasteiger partial charge in [0.2, 0.25) is 0 Å². The van der Waals surface area contributed by atoms with Crippen LogP contribution in [-0.4, -0.2) is 38.5 Å². The molecular weight excluding hydrogens is 308 g/mol. The van der Waals surface area contributed by atoms with Crippen molar-refractivity contribution in [1.29, 1.82) is 0 Å². The Labute approximate surface area is 141 Å². The van der Waals surface area contributed by atoms with E-state index in [0.29, 0.717) is 12.6 Å². The smallest absolute Gasteiger partial charge is 0.251 e. The fourth-order valence-corrected chi connectivity index (χ4v) is 1.66. The molecule has 0 bridgehead atoms. The van der Waals surface area contributed by atoms with Crippen molar-refractivity contribution < 1.29 is 19.2 Å². The molecular formula is C18H20N2O4. The molecule has 0 aliphatic carbocycles. The third-order valence-corrected chi connectivity index (χ3v) is 2.89. The molecule has 0 heterocycles. The Hall–Kier alpha value is -3.28. The van der Waals surface area contributed by atoms with Gasteiger partial charge < -0.3 is 10.6 Å². The number of allylic oxidation sites excluding steroid dienone is 6. The van der Waals surface area contributed by atoms with Crippen molar-refractivity contribution in [2.45, 2.75) is 0 Å². The topological polar surface area (TPSA) is 92.3 Å². The van der Waals surface area contributed by atoms with Crippen LogP contribution in [0.3, 0.4) is 0 Å². The molecule has 2 amide bonds. The number of carbonyl (C=O) groups excluding carboxylic acids is 4. The molecule has 126 valence electrons. The molecule has 0 spiro atoms. The molecule has 2 N–H and O–H groups in total. The van der Waals surface area contributed by atoms with Crippen LogP contribution in [0.5, 0.6) is 0 Å². The Bertz CT molecular complexity index is 607. The first-order valence-corrected chi connectivity index (χ1v) is 6.93. The van der Waals surface area contributed by atoms with Crippen LogP contribution in [0.1, 0.15) is 0 Å². The molecule has 6 heteroatoms. The zero-order chi connectivity index (χ0) is 18.5. The normalized spacial score (nSPS) is 12.9. The molecule has 0 rings (SSSR count). The lowest BCUT2D eigenvalue weighted by Gasteiger charge is -2.02. The quantitative estimate of drug-likeness (QED) is 0.374. The van der Waals surface area contributed by atoms with Crippen molar-refractivity contribution in [3.05, 3.63) is 71.9 Å². The molecule has 0 aliphatic heterocycles. The number of hydrogen-bond acceptors (Lipinski definition) is 4. The van der Waals surface area contributed by atoms with Crippen LogP contribution in [0, 0.1) is 0 Å². The zero-order valence-corrected chi connectivity index (χ0v) is 13.7. The van der Waals surface area contributed by atoms with E-state index in [2.05, 4.69) is 23.8 Å². The largest absolute Gasteiger partial charge is 0.355 e. The van der Waals surface area contributed by atoms with Crippen molar-refractivity contribution in [2.24, 2.45) is 0 Å². The molecule has 0 aliphatic rings. The molecule has 24 heavy (non-hydrogen) atoms. The Morgan fingerprint density at radius 1 is 0.750 bits per heavy atom. The highest BCUT2D eigenvalue weighted by atomic mass is 16.2. The van der Waals surface area contributed by atoms with Crippen LogP contribution in [0.2, 0.25) is 0 Å². The van der Waals surface area contributed by atoms with Gasteiger partial charge in [0.15, 0.2) is 12.6 Å². The first-order chi connectivity index (χ1) is 11.5. The Morgan fingerprint density at radius 2 is 1.08 bits per heavy atom. The monoisotopic (exact) mass is 328 g/mol. The summed E-state index contributed by atoms with van der Waals surface area (Å²) in [6, 6.07) is 0. The SMILES string of the molecule is C=C\C(C(=O)NC)=C(C=O)/C=C\C=C/C(C=O)=C(\C=C)C(=O)NC. The molecule has 0 saturated heterocycles. The van der Waals surface area contributed by atoms with Crippen molar-refractivity contribution >= 4 is 24.4 Å². The summed E-state index contributed by atoms with van der Waals surface area (Å²) in [7, 11) is 2.88. The van der Waals surface area contributed by atoms with Gasteiger partial charge in [-0.1, -0.05) is 49.6 Å². The first kappa shape index (κ1) is 20.7. The van der Waals surface area contributed by atoms with E-state index in [1.807, 2.05) is 0 Å². The maximum Gasteiger partial charge on any atom is 0.251 e. The molecule has 0 aromatic rings. The number of nitrogens with one attached hydrogen (secondary N) is 2. The molecule has 0 unspecified atom stereocenters. The summed E-state index contributed by atoms with van der Waals surface area (Å²) in [4.78, 5) is 45.4. The first-order valence-electron chi connectivity index (χ1n) is 6.93. The van der Waals surface area contributed by atoms with Gasteiger partial charge >= 0.3 is 0 Å². The second kappa shape index (κ2) is 11.3. The molecule has 0 saturated carbocycles. The van der Waals surface area contributed by atoms with Crippen molar-refractivity contribution in [3.8, 4) is 0 Å². The van der Waals surface area contributed by atoms with E-state index in [1.54, 1.807) is 0 Å². The van der Waals surface area contributed by atoms with Gasteiger partial charge in [-0.2, -0.15) is 0 Å². The highest BCUT2D eigenvalue weighted by Gasteiger charge is 2.09. The third-order valence-electron chi connectivity index (χ3n) is 2.89. The van der Waals surface area contributed by atoms with Crippen LogP contribution in [0.4, 0.5) is 0 Å². The highest BCUT2D eigenvalue weighted by Crippen LogP contribution is 2.08. The minimum Gasteiger partial charge on any atom is -0.355 e. The predicted molar refractivity (Wildman–Crippen MR) is 93.0 cm³/mol. The summed E-state index contributed by atoms with van der Waals surface area (Å²) < 4.78 is 0. The maximum absolute atomic E-state index is 11.6. The number of aldehydes is 2. The molecule has 0 aromatic carbocycles. The zero-order valence-electron chi connectivity index (χ0n) is 13.7. The lowest BCUT2D eigenvalue weighted by atomic mass is 10.1. The van der Waals surface area contributed by atoms with Crippen LogP contribution >= 0.6 is 0 Å². The second-order valence-electron chi connectivity index (χ2n) is 4.26. The molecule has 0 fully saturated rings. The van der Waals surface area contributed by atoms with Crippen LogP contribution in [0.15, 0.2) is 71.9 Å². The van der Waals surface area contributed by atoms with Gasteiger partial charge in [-0.15, -0.1) is 0 Å². The van der Waals surface area contributed by atoms with E-state index in [4.69, 9.17) is 0 Å². The second-order valence-corrected chi connectivity index (χ2v) is 4.26. The van der Waals surface area contributed by atoms with Crippen molar-refractivity contribution in [3.63, 3.8) is 0 Å². The van der Waals surface area contributed by atoms with E-state index in [1.165, 1.54) is 50.6 Å². The molecule has 0 aromatic heterocycles. The Morgan fingerprint density at radius 3 is 1.29 bits per heavy atom. The van der Waals surface area contributed by atoms with Crippen molar-refractivity contribution in [1.82, 2.24) is 10.6 Å². The van der Waals surface area contributed by atoms with E-state index in [9.17, 15) is 19.2 Å². The van der Waals surface area contributed by atoms with Gasteiger partial charge in [0.25, 0.3) is 11.8 Å². The summed E-state index contributed by atoms with van der Waals surface area (Å²) in [6.45, 7) is 6.99. The summed E-state index contributed by atoms with van der Waals surface area (Å²) in [5, 5.41) is 4.80. The van der Waals surface area contributed by atoms with E-state index < -0.39 is 11.8 Å². The lowest BCUT2D eigenvalue weighted by molar-refractivity contribution is -0.117. The van der Waals surface area contributed by atoms with E-state index >= 15 is 0 Å². The highest BCUT2D eigenvalue weighted by molar-refractivity contribution is 6.03. The average Bonchev–Trinajstić information content (AvgIpc) is 2.62. The lowest BCUT2D eigenvalue weighted by Crippen LogP contribution is -2.20. The van der Waals surface area contributed by atoms with Gasteiger partial charge in [-0.25, -0.2) is 0 Å². The summed E-state index contributed by atoms with van der Waals surface area (Å²) in [5.74, 6) is -0.884. The van der Waals surface area contributed by atoms with Gasteiger partial charge in [-0.05, 0) is 0 Å². The van der Waals surface area contributed by atoms with Crippen LogP contribution in [-0.2, 0) is 19.2 Å². The van der Waals surface area contributed by atoms with Gasteiger partial charge in [-0.3, -0.25) is 19.2 Å². The molecule has 0 radical (unpaired) electrons. The number of rotatable bonds is 9. The summed E-state index contributed by atoms with van der Waals surface area (Å²) >= 11 is 0. The van der Waals surface area contributed by atoms with Crippen LogP contribution in [0.25, 0.3) is 0 Å². The van der Waals surface area contributed by atoms with Gasteiger partial charge in [0.05, 0.1) is 0 Å². The van der Waals surface area contributed by atoms with E-state index in [0.717, 1.165) is 0 Å². The minimum absolute atomic E-state index is 0.125. The maximum atomic E-state index is 11.6. The summed E-state index contributed by atoms with van der Waals surface area (Å²) in [5.41, 5.74) is 0.502. The third kappa shape index (κ3) is 5.84. The number of amides is 2.